The van der Waals surface area contributed by atoms with Crippen molar-refractivity contribution >= 4 is 12.2 Å². The lowest BCUT2D eigenvalue weighted by atomic mass is 10.5. The van der Waals surface area contributed by atoms with E-state index in [4.69, 9.17) is 0 Å². The molecule has 0 rings (SSSR count). The summed E-state index contributed by atoms with van der Waals surface area (Å²) in [6.45, 7) is 4.45. The maximum atomic E-state index is 10.1. The first-order chi connectivity index (χ1) is 3.66. The average Bonchev–Trinajstić information content (AvgIpc) is 1.65. The summed E-state index contributed by atoms with van der Waals surface area (Å²) in [5.41, 5.74) is -0.0301. The Morgan fingerprint density at radius 2 is 2.25 bits per heavy atom. The van der Waals surface area contributed by atoms with E-state index in [0.29, 0.717) is 0 Å². The van der Waals surface area contributed by atoms with Crippen molar-refractivity contribution in [2.75, 3.05) is 0 Å². The topological polar surface area (TPSA) is 46.2 Å². The van der Waals surface area contributed by atoms with Gasteiger partial charge < -0.3 is 5.32 Å². The number of rotatable bonds is 2. The fraction of sp³-hybridized carbons (Fsp3) is 0.200. The van der Waals surface area contributed by atoms with Crippen LogP contribution >= 0.6 is 0 Å². The Labute approximate surface area is 47.4 Å². The molecule has 1 amide bonds. The van der Waals surface area contributed by atoms with Crippen LogP contribution in [0.2, 0.25) is 0 Å². The normalized spacial score (nSPS) is 7.62. The number of hydrogen-bond acceptors (Lipinski definition) is 2. The Balaban J connectivity index is 3.55. The number of carbonyl (C=O) groups excluding carboxylic acids is 2. The second kappa shape index (κ2) is 2.96. The zero-order valence-electron chi connectivity index (χ0n) is 4.52. The molecule has 0 bridgehead atoms. The van der Waals surface area contributed by atoms with Gasteiger partial charge in [0, 0.05) is 6.92 Å². The molecule has 0 aliphatic rings. The van der Waals surface area contributed by atoms with Crippen molar-refractivity contribution in [2.45, 2.75) is 6.92 Å². The summed E-state index contributed by atoms with van der Waals surface area (Å²) in [7, 11) is 0. The van der Waals surface area contributed by atoms with Gasteiger partial charge in [-0.1, -0.05) is 6.58 Å². The summed E-state index contributed by atoms with van der Waals surface area (Å²) in [5.74, 6) is -0.307. The number of allylic oxidation sites excluding steroid dienone is 1. The van der Waals surface area contributed by atoms with E-state index in [-0.39, 0.29) is 11.6 Å². The minimum absolute atomic E-state index is 0.0301. The van der Waals surface area contributed by atoms with Crippen molar-refractivity contribution < 1.29 is 9.59 Å². The van der Waals surface area contributed by atoms with Crippen LogP contribution in [0, 0.1) is 0 Å². The lowest BCUT2D eigenvalue weighted by Crippen LogP contribution is -2.18. The molecule has 43 valence electrons. The Hall–Kier alpha value is -1.12. The van der Waals surface area contributed by atoms with E-state index < -0.39 is 0 Å². The van der Waals surface area contributed by atoms with Crippen LogP contribution in [0.4, 0.5) is 0 Å². The highest BCUT2D eigenvalue weighted by Crippen LogP contribution is 1.72. The van der Waals surface area contributed by atoms with Crippen LogP contribution in [-0.4, -0.2) is 12.2 Å². The molecule has 0 saturated heterocycles. The first kappa shape index (κ1) is 6.88. The summed E-state index contributed by atoms with van der Waals surface area (Å²) in [6.07, 6.45) is 1.42. The highest BCUT2D eigenvalue weighted by molar-refractivity contribution is 5.83. The Morgan fingerprint density at radius 1 is 1.75 bits per heavy atom. The zero-order valence-corrected chi connectivity index (χ0v) is 4.52. The smallest absolute Gasteiger partial charge is 0.250 e. The zero-order chi connectivity index (χ0) is 6.57. The van der Waals surface area contributed by atoms with Crippen LogP contribution in [0.25, 0.3) is 0 Å². The molecule has 1 radical (unpaired) electrons. The third-order valence-electron chi connectivity index (χ3n) is 0.450. The molecule has 1 N–H and O–H groups in total. The van der Waals surface area contributed by atoms with Gasteiger partial charge in [-0.2, -0.15) is 0 Å². The molecule has 0 unspecified atom stereocenters. The first-order valence-corrected chi connectivity index (χ1v) is 2.01. The number of nitrogens with one attached hydrogen (secondary N) is 1. The van der Waals surface area contributed by atoms with Gasteiger partial charge in [0.25, 0.3) is 6.29 Å². The molecule has 0 aromatic carbocycles. The van der Waals surface area contributed by atoms with Gasteiger partial charge >= 0.3 is 0 Å². The molecule has 0 fully saturated rings. The molecular formula is C5H6NO2. The molecule has 0 aliphatic carbocycles. The van der Waals surface area contributed by atoms with Crippen LogP contribution < -0.4 is 5.32 Å². The van der Waals surface area contributed by atoms with Gasteiger partial charge in [0.05, 0.1) is 5.70 Å². The van der Waals surface area contributed by atoms with E-state index in [1.807, 2.05) is 0 Å². The van der Waals surface area contributed by atoms with Gasteiger partial charge in [0.2, 0.25) is 5.91 Å². The second-order valence-electron chi connectivity index (χ2n) is 1.26. The average molecular weight is 112 g/mol. The maximum Gasteiger partial charge on any atom is 0.250 e. The van der Waals surface area contributed by atoms with Gasteiger partial charge in [-0.25, -0.2) is 0 Å². The Kier molecular flexibility index (Phi) is 2.54. The lowest BCUT2D eigenvalue weighted by Gasteiger charge is -1.92. The molecule has 0 atom stereocenters. The quantitative estimate of drug-likeness (QED) is 0.500. The van der Waals surface area contributed by atoms with E-state index in [9.17, 15) is 9.59 Å². The number of amides is 1. The van der Waals surface area contributed by atoms with Crippen molar-refractivity contribution in [2.24, 2.45) is 0 Å². The van der Waals surface area contributed by atoms with Gasteiger partial charge in [-0.15, -0.1) is 0 Å². The molecule has 0 spiro atoms. The third-order valence-corrected chi connectivity index (χ3v) is 0.450. The second-order valence-corrected chi connectivity index (χ2v) is 1.26. The molecule has 0 aliphatic heterocycles. The predicted octanol–water partition coefficient (Wildman–Crippen LogP) is -0.254. The van der Waals surface area contributed by atoms with Gasteiger partial charge in [-0.05, 0) is 0 Å². The van der Waals surface area contributed by atoms with Crippen molar-refractivity contribution in [3.8, 4) is 0 Å². The molecule has 3 nitrogen and oxygen atoms in total. The fourth-order valence-corrected chi connectivity index (χ4v) is 0.238. The fourth-order valence-electron chi connectivity index (χ4n) is 0.238. The highest BCUT2D eigenvalue weighted by Gasteiger charge is 1.91. The number of hydrogen-bond donors (Lipinski definition) is 1. The van der Waals surface area contributed by atoms with E-state index in [2.05, 4.69) is 11.9 Å². The van der Waals surface area contributed by atoms with Crippen molar-refractivity contribution in [1.29, 1.82) is 0 Å². The van der Waals surface area contributed by atoms with Crippen LogP contribution in [0.15, 0.2) is 12.3 Å². The van der Waals surface area contributed by atoms with Crippen LogP contribution in [0.1, 0.15) is 6.92 Å². The summed E-state index contributed by atoms with van der Waals surface area (Å²) >= 11 is 0. The Bertz CT molecular complexity index is 128. The van der Waals surface area contributed by atoms with E-state index in [1.165, 1.54) is 13.2 Å². The molecule has 0 aromatic rings. The van der Waals surface area contributed by atoms with E-state index in [1.54, 1.807) is 0 Å². The number of carbonyl (C=O) groups is 1. The SMILES string of the molecule is C=C([C]=O)NC(C)=O. The minimum atomic E-state index is -0.307. The molecule has 0 saturated carbocycles. The highest BCUT2D eigenvalue weighted by atomic mass is 16.2. The Morgan fingerprint density at radius 3 is 2.38 bits per heavy atom. The van der Waals surface area contributed by atoms with E-state index in [0.717, 1.165) is 0 Å². The van der Waals surface area contributed by atoms with Crippen molar-refractivity contribution in [3.05, 3.63) is 12.3 Å². The predicted molar refractivity (Wildman–Crippen MR) is 28.7 cm³/mol. The summed E-state index contributed by atoms with van der Waals surface area (Å²) in [4.78, 5) is 19.7. The third kappa shape index (κ3) is 3.08. The minimum Gasteiger partial charge on any atom is -0.323 e. The lowest BCUT2D eigenvalue weighted by molar-refractivity contribution is -0.118. The molecule has 0 aromatic heterocycles. The van der Waals surface area contributed by atoms with Crippen LogP contribution in [0.3, 0.4) is 0 Å². The molecule has 8 heavy (non-hydrogen) atoms. The molecule has 3 heteroatoms. The van der Waals surface area contributed by atoms with Gasteiger partial charge in [0.15, 0.2) is 0 Å². The monoisotopic (exact) mass is 112 g/mol. The summed E-state index contributed by atoms with van der Waals surface area (Å²) < 4.78 is 0. The maximum absolute atomic E-state index is 10.1. The molecular weight excluding hydrogens is 106 g/mol. The van der Waals surface area contributed by atoms with Crippen molar-refractivity contribution in [3.63, 3.8) is 0 Å². The standard InChI is InChI=1S/C5H6NO2/c1-4(3-7)6-5(2)8/h1H2,2H3,(H,6,8). The van der Waals surface area contributed by atoms with Gasteiger partial charge in [0.1, 0.15) is 0 Å². The van der Waals surface area contributed by atoms with Gasteiger partial charge in [-0.3, -0.25) is 9.59 Å². The van der Waals surface area contributed by atoms with Crippen LogP contribution in [0.5, 0.6) is 0 Å². The van der Waals surface area contributed by atoms with Crippen LogP contribution in [-0.2, 0) is 9.59 Å². The summed E-state index contributed by atoms with van der Waals surface area (Å²) in [5, 5.41) is 2.14. The summed E-state index contributed by atoms with van der Waals surface area (Å²) in [6, 6.07) is 0. The first-order valence-electron chi connectivity index (χ1n) is 2.01. The van der Waals surface area contributed by atoms with E-state index >= 15 is 0 Å². The largest absolute Gasteiger partial charge is 0.323 e. The van der Waals surface area contributed by atoms with Crippen molar-refractivity contribution in [1.82, 2.24) is 5.32 Å². The molecule has 0 heterocycles.